The zero-order chi connectivity index (χ0) is 14.9. The number of anilines is 1. The van der Waals surface area contributed by atoms with Crippen molar-refractivity contribution in [3.8, 4) is 0 Å². The lowest BCUT2D eigenvalue weighted by Crippen LogP contribution is -2.27. The van der Waals surface area contributed by atoms with Crippen LogP contribution in [0.5, 0.6) is 0 Å². The number of nitro groups is 1. The molecule has 0 bridgehead atoms. The maximum Gasteiger partial charge on any atom is 0.414 e. The summed E-state index contributed by atoms with van der Waals surface area (Å²) in [7, 11) is 0. The molecule has 2 aromatic rings. The van der Waals surface area contributed by atoms with E-state index < -0.39 is 16.6 Å². The van der Waals surface area contributed by atoms with Gasteiger partial charge in [0.15, 0.2) is 5.65 Å². The summed E-state index contributed by atoms with van der Waals surface area (Å²) in [6.45, 7) is 5.16. The van der Waals surface area contributed by atoms with Crippen molar-refractivity contribution in [2.45, 2.75) is 26.4 Å². The Balaban J connectivity index is 2.28. The molecular weight excluding hydrogens is 266 g/mol. The fraction of sp³-hybridized carbons (Fsp3) is 0.364. The van der Waals surface area contributed by atoms with E-state index in [0.717, 1.165) is 0 Å². The Kier molecular flexibility index (Phi) is 3.26. The summed E-state index contributed by atoms with van der Waals surface area (Å²) >= 11 is 0. The molecule has 0 aliphatic rings. The molecule has 9 nitrogen and oxygen atoms in total. The van der Waals surface area contributed by atoms with Gasteiger partial charge in [-0.15, -0.1) is 10.2 Å². The largest absolute Gasteiger partial charge is 0.444 e. The van der Waals surface area contributed by atoms with E-state index in [-0.39, 0.29) is 11.6 Å². The molecule has 2 rings (SSSR count). The number of pyridine rings is 1. The van der Waals surface area contributed by atoms with Gasteiger partial charge < -0.3 is 4.74 Å². The quantitative estimate of drug-likeness (QED) is 0.664. The molecule has 0 fully saturated rings. The normalized spacial score (nSPS) is 11.3. The van der Waals surface area contributed by atoms with E-state index in [1.165, 1.54) is 22.7 Å². The first-order chi connectivity index (χ1) is 9.26. The maximum atomic E-state index is 11.6. The van der Waals surface area contributed by atoms with Gasteiger partial charge in [-0.1, -0.05) is 0 Å². The number of rotatable bonds is 2. The monoisotopic (exact) mass is 279 g/mol. The Bertz CT molecular complexity index is 673. The van der Waals surface area contributed by atoms with Crippen molar-refractivity contribution in [1.82, 2.24) is 14.6 Å². The van der Waals surface area contributed by atoms with Crippen molar-refractivity contribution in [3.05, 3.63) is 28.4 Å². The lowest BCUT2D eigenvalue weighted by atomic mass is 10.2. The third kappa shape index (κ3) is 2.99. The van der Waals surface area contributed by atoms with Crippen LogP contribution in [0.1, 0.15) is 20.8 Å². The number of nitrogens with zero attached hydrogens (tertiary/aromatic N) is 4. The smallest absolute Gasteiger partial charge is 0.414 e. The van der Waals surface area contributed by atoms with E-state index in [1.54, 1.807) is 20.8 Å². The molecule has 0 aliphatic carbocycles. The van der Waals surface area contributed by atoms with Gasteiger partial charge >= 0.3 is 6.09 Å². The standard InChI is InChI=1S/C11H13N5O4/c1-11(2,3)20-10(17)12-9-14-13-8-5-4-7(16(18)19)6-15(8)9/h4-6H,1-3H3,(H,12,14,17). The highest BCUT2D eigenvalue weighted by molar-refractivity contribution is 5.83. The minimum atomic E-state index is -0.710. The molecule has 0 spiro atoms. The average molecular weight is 279 g/mol. The summed E-state index contributed by atoms with van der Waals surface area (Å²) in [5.74, 6) is 0.0537. The zero-order valence-electron chi connectivity index (χ0n) is 11.2. The lowest BCUT2D eigenvalue weighted by molar-refractivity contribution is -0.385. The van der Waals surface area contributed by atoms with Crippen LogP contribution in [0.3, 0.4) is 0 Å². The van der Waals surface area contributed by atoms with Gasteiger partial charge in [-0.3, -0.25) is 19.8 Å². The van der Waals surface area contributed by atoms with E-state index in [9.17, 15) is 14.9 Å². The van der Waals surface area contributed by atoms with Gasteiger partial charge in [0.05, 0.1) is 11.1 Å². The third-order valence-corrected chi connectivity index (χ3v) is 2.21. The molecule has 0 atom stereocenters. The highest BCUT2D eigenvalue weighted by Gasteiger charge is 2.19. The summed E-state index contributed by atoms with van der Waals surface area (Å²) in [4.78, 5) is 21.8. The number of amides is 1. The average Bonchev–Trinajstić information content (AvgIpc) is 2.69. The first kappa shape index (κ1) is 13.7. The number of hydrogen-bond donors (Lipinski definition) is 1. The first-order valence-corrected chi connectivity index (χ1v) is 5.75. The molecule has 0 saturated carbocycles. The minimum absolute atomic E-state index is 0.0537. The van der Waals surface area contributed by atoms with Crippen LogP contribution in [0, 0.1) is 10.1 Å². The van der Waals surface area contributed by atoms with Crippen molar-refractivity contribution in [2.24, 2.45) is 0 Å². The number of hydrogen-bond acceptors (Lipinski definition) is 6. The summed E-state index contributed by atoms with van der Waals surface area (Å²) in [5, 5.41) is 20.7. The van der Waals surface area contributed by atoms with Gasteiger partial charge in [0, 0.05) is 6.07 Å². The zero-order valence-corrected chi connectivity index (χ0v) is 11.2. The third-order valence-electron chi connectivity index (χ3n) is 2.21. The van der Waals surface area contributed by atoms with Crippen LogP contribution in [-0.4, -0.2) is 31.2 Å². The predicted molar refractivity (Wildman–Crippen MR) is 69.5 cm³/mol. The molecule has 0 saturated heterocycles. The summed E-state index contributed by atoms with van der Waals surface area (Å²) < 4.78 is 6.38. The molecule has 1 amide bonds. The number of nitrogens with one attached hydrogen (secondary N) is 1. The summed E-state index contributed by atoms with van der Waals surface area (Å²) in [6, 6.07) is 2.74. The number of aromatic nitrogens is 3. The molecule has 0 unspecified atom stereocenters. The Morgan fingerprint density at radius 3 is 2.70 bits per heavy atom. The maximum absolute atomic E-state index is 11.6. The summed E-state index contributed by atoms with van der Waals surface area (Å²) in [5.41, 5.74) is -0.414. The van der Waals surface area contributed by atoms with Crippen LogP contribution >= 0.6 is 0 Å². The Labute approximate surface area is 113 Å². The highest BCUT2D eigenvalue weighted by atomic mass is 16.6. The molecule has 1 N–H and O–H groups in total. The number of carbonyl (C=O) groups excluding carboxylic acids is 1. The van der Waals surface area contributed by atoms with Gasteiger partial charge in [0.1, 0.15) is 5.60 Å². The topological polar surface area (TPSA) is 112 Å². The number of fused-ring (bicyclic) bond motifs is 1. The number of ether oxygens (including phenoxy) is 1. The van der Waals surface area contributed by atoms with E-state index >= 15 is 0 Å². The van der Waals surface area contributed by atoms with Crippen molar-refractivity contribution in [2.75, 3.05) is 5.32 Å². The van der Waals surface area contributed by atoms with Crippen LogP contribution < -0.4 is 5.32 Å². The van der Waals surface area contributed by atoms with Gasteiger partial charge in [-0.05, 0) is 26.8 Å². The second kappa shape index (κ2) is 4.76. The molecular formula is C11H13N5O4. The van der Waals surface area contributed by atoms with Crippen LogP contribution in [0.25, 0.3) is 5.65 Å². The second-order valence-corrected chi connectivity index (χ2v) is 5.02. The molecule has 2 heterocycles. The van der Waals surface area contributed by atoms with Crippen LogP contribution in [0.15, 0.2) is 18.3 Å². The van der Waals surface area contributed by atoms with E-state index in [2.05, 4.69) is 15.5 Å². The van der Waals surface area contributed by atoms with Crippen LogP contribution in [0.4, 0.5) is 16.4 Å². The van der Waals surface area contributed by atoms with Crippen LogP contribution in [-0.2, 0) is 4.74 Å². The fourth-order valence-electron chi connectivity index (χ4n) is 1.47. The van der Waals surface area contributed by atoms with Crippen molar-refractivity contribution >= 4 is 23.4 Å². The molecule has 2 aromatic heterocycles. The predicted octanol–water partition coefficient (Wildman–Crippen LogP) is 1.98. The molecule has 9 heteroatoms. The Morgan fingerprint density at radius 1 is 1.40 bits per heavy atom. The van der Waals surface area contributed by atoms with E-state index in [4.69, 9.17) is 4.74 Å². The lowest BCUT2D eigenvalue weighted by Gasteiger charge is -2.19. The van der Waals surface area contributed by atoms with Gasteiger partial charge in [-0.2, -0.15) is 0 Å². The molecule has 0 radical (unpaired) electrons. The van der Waals surface area contributed by atoms with Crippen molar-refractivity contribution < 1.29 is 14.5 Å². The second-order valence-electron chi connectivity index (χ2n) is 5.02. The first-order valence-electron chi connectivity index (χ1n) is 5.75. The molecule has 106 valence electrons. The van der Waals surface area contributed by atoms with Crippen LogP contribution in [0.2, 0.25) is 0 Å². The molecule has 0 aromatic carbocycles. The summed E-state index contributed by atoms with van der Waals surface area (Å²) in [6.07, 6.45) is 0.514. The molecule has 20 heavy (non-hydrogen) atoms. The Hall–Kier alpha value is -2.71. The Morgan fingerprint density at radius 2 is 2.10 bits per heavy atom. The minimum Gasteiger partial charge on any atom is -0.444 e. The van der Waals surface area contributed by atoms with Crippen molar-refractivity contribution in [3.63, 3.8) is 0 Å². The van der Waals surface area contributed by atoms with E-state index in [1.807, 2.05) is 0 Å². The SMILES string of the molecule is CC(C)(C)OC(=O)Nc1nnc2ccc([N+](=O)[O-])cn12. The number of carbonyl (C=O) groups is 1. The van der Waals surface area contributed by atoms with Gasteiger partial charge in [0.2, 0.25) is 5.95 Å². The fourth-order valence-corrected chi connectivity index (χ4v) is 1.47. The molecule has 0 aliphatic heterocycles. The van der Waals surface area contributed by atoms with Gasteiger partial charge in [-0.25, -0.2) is 4.79 Å². The highest BCUT2D eigenvalue weighted by Crippen LogP contribution is 2.16. The van der Waals surface area contributed by atoms with Gasteiger partial charge in [0.25, 0.3) is 5.69 Å². The van der Waals surface area contributed by atoms with Crippen molar-refractivity contribution in [1.29, 1.82) is 0 Å². The van der Waals surface area contributed by atoms with E-state index in [0.29, 0.717) is 5.65 Å².